The molecule has 0 bridgehead atoms. The molecule has 1 N–H and O–H groups in total. The molecule has 2 atom stereocenters. The number of hydrogen-bond acceptors (Lipinski definition) is 6. The first kappa shape index (κ1) is 22.1. The van der Waals surface area contributed by atoms with Gasteiger partial charge in [-0.15, -0.1) is 11.8 Å². The SMILES string of the molecule is C[C@@H](c1ccc2nccc(C(=O)NCC(=O)N3CSC[C@H]3C#N)c2c1)c1ccc(Cl)cn1. The predicted molar refractivity (Wildman–Crippen MR) is 124 cm³/mol. The maximum absolute atomic E-state index is 12.9. The molecule has 0 aliphatic carbocycles. The number of nitriles is 1. The molecule has 32 heavy (non-hydrogen) atoms. The van der Waals surface area contributed by atoms with Gasteiger partial charge in [-0.25, -0.2) is 0 Å². The highest BCUT2D eigenvalue weighted by atomic mass is 35.5. The number of rotatable bonds is 5. The highest BCUT2D eigenvalue weighted by Gasteiger charge is 2.29. The van der Waals surface area contributed by atoms with E-state index in [1.165, 1.54) is 16.7 Å². The molecule has 1 aliphatic heterocycles. The average Bonchev–Trinajstić information content (AvgIpc) is 3.30. The van der Waals surface area contributed by atoms with Crippen molar-refractivity contribution in [1.29, 1.82) is 5.26 Å². The van der Waals surface area contributed by atoms with Gasteiger partial charge in [0.25, 0.3) is 5.91 Å². The van der Waals surface area contributed by atoms with Crippen LogP contribution in [-0.4, -0.2) is 50.9 Å². The van der Waals surface area contributed by atoms with Crippen LogP contribution in [0.4, 0.5) is 0 Å². The lowest BCUT2D eigenvalue weighted by molar-refractivity contribution is -0.129. The molecule has 1 aliphatic rings. The van der Waals surface area contributed by atoms with Crippen LogP contribution in [0.2, 0.25) is 5.02 Å². The molecule has 1 saturated heterocycles. The van der Waals surface area contributed by atoms with Crippen molar-refractivity contribution in [3.8, 4) is 6.07 Å². The van der Waals surface area contributed by atoms with Gasteiger partial charge in [0.1, 0.15) is 6.04 Å². The molecule has 2 amide bonds. The summed E-state index contributed by atoms with van der Waals surface area (Å²) < 4.78 is 0. The average molecular weight is 466 g/mol. The second-order valence-corrected chi connectivity index (χ2v) is 8.89. The fraction of sp³-hybridized carbons (Fsp3) is 0.261. The smallest absolute Gasteiger partial charge is 0.252 e. The number of pyridine rings is 2. The number of carbonyl (C=O) groups is 2. The Morgan fingerprint density at radius 1 is 1.31 bits per heavy atom. The number of fused-ring (bicyclic) bond motifs is 1. The standard InChI is InChI=1S/C23H20ClN5O2S/c1-14(20-5-3-16(24)10-27-20)15-2-4-21-19(8-15)18(6-7-26-21)23(31)28-11-22(30)29-13-32-12-17(29)9-25/h2-8,10,14,17H,11-13H2,1H3,(H,28,31)/t14-,17+/m0/s1. The molecule has 1 aromatic carbocycles. The van der Waals surface area contributed by atoms with Crippen molar-refractivity contribution in [2.75, 3.05) is 18.2 Å². The minimum Gasteiger partial charge on any atom is -0.343 e. The third kappa shape index (κ3) is 4.54. The van der Waals surface area contributed by atoms with Gasteiger partial charge in [-0.3, -0.25) is 19.6 Å². The molecule has 0 spiro atoms. The Bertz CT molecular complexity index is 1210. The fourth-order valence-corrected chi connectivity index (χ4v) is 4.81. The van der Waals surface area contributed by atoms with E-state index in [1.807, 2.05) is 31.2 Å². The third-order valence-corrected chi connectivity index (χ3v) is 6.69. The van der Waals surface area contributed by atoms with Crippen molar-refractivity contribution >= 4 is 46.1 Å². The van der Waals surface area contributed by atoms with Gasteiger partial charge in [0, 0.05) is 35.1 Å². The second kappa shape index (κ2) is 9.55. The lowest BCUT2D eigenvalue weighted by Gasteiger charge is -2.19. The van der Waals surface area contributed by atoms with Crippen molar-refractivity contribution in [3.05, 3.63) is 70.6 Å². The number of carbonyl (C=O) groups excluding carboxylic acids is 2. The number of thioether (sulfide) groups is 1. The number of hydrogen-bond donors (Lipinski definition) is 1. The van der Waals surface area contributed by atoms with Crippen LogP contribution in [0.5, 0.6) is 0 Å². The first-order chi connectivity index (χ1) is 15.5. The van der Waals surface area contributed by atoms with Gasteiger partial charge < -0.3 is 10.2 Å². The Morgan fingerprint density at radius 2 is 2.16 bits per heavy atom. The monoisotopic (exact) mass is 465 g/mol. The summed E-state index contributed by atoms with van der Waals surface area (Å²) in [6, 6.07) is 12.8. The van der Waals surface area contributed by atoms with E-state index >= 15 is 0 Å². The van der Waals surface area contributed by atoms with Gasteiger partial charge in [-0.2, -0.15) is 5.26 Å². The Kier molecular flexibility index (Phi) is 6.58. The number of aromatic nitrogens is 2. The van der Waals surface area contributed by atoms with Crippen LogP contribution < -0.4 is 5.32 Å². The van der Waals surface area contributed by atoms with Crippen LogP contribution in [0.15, 0.2) is 48.8 Å². The van der Waals surface area contributed by atoms with E-state index in [1.54, 1.807) is 24.5 Å². The summed E-state index contributed by atoms with van der Waals surface area (Å²) in [7, 11) is 0. The molecule has 4 rings (SSSR count). The quantitative estimate of drug-likeness (QED) is 0.618. The van der Waals surface area contributed by atoms with Gasteiger partial charge in [0.05, 0.1) is 34.6 Å². The zero-order chi connectivity index (χ0) is 22.7. The number of amides is 2. The van der Waals surface area contributed by atoms with Crippen LogP contribution in [0, 0.1) is 11.3 Å². The minimum atomic E-state index is -0.448. The maximum atomic E-state index is 12.9. The molecule has 2 aromatic heterocycles. The maximum Gasteiger partial charge on any atom is 0.252 e. The van der Waals surface area contributed by atoms with Gasteiger partial charge in [0.2, 0.25) is 5.91 Å². The van der Waals surface area contributed by atoms with E-state index in [9.17, 15) is 9.59 Å². The van der Waals surface area contributed by atoms with Crippen molar-refractivity contribution in [2.45, 2.75) is 18.9 Å². The first-order valence-electron chi connectivity index (χ1n) is 10.0. The van der Waals surface area contributed by atoms with E-state index in [-0.39, 0.29) is 24.3 Å². The molecule has 7 nitrogen and oxygen atoms in total. The Labute approximate surface area is 194 Å². The normalized spacial score (nSPS) is 16.5. The molecule has 1 fully saturated rings. The molecule has 0 saturated carbocycles. The summed E-state index contributed by atoms with van der Waals surface area (Å²) in [5.41, 5.74) is 2.97. The van der Waals surface area contributed by atoms with E-state index in [2.05, 4.69) is 21.4 Å². The Hall–Kier alpha value is -3.15. The summed E-state index contributed by atoms with van der Waals surface area (Å²) in [5.74, 6) is 0.418. The number of benzene rings is 1. The molecular formula is C23H20ClN5O2S. The van der Waals surface area contributed by atoms with Crippen molar-refractivity contribution < 1.29 is 9.59 Å². The summed E-state index contributed by atoms with van der Waals surface area (Å²) in [6.07, 6.45) is 3.19. The molecule has 162 valence electrons. The zero-order valence-corrected chi connectivity index (χ0v) is 18.9. The van der Waals surface area contributed by atoms with Crippen LogP contribution in [-0.2, 0) is 4.79 Å². The summed E-state index contributed by atoms with van der Waals surface area (Å²) in [4.78, 5) is 35.6. The molecule has 3 heterocycles. The number of halogens is 1. The Balaban J connectivity index is 1.55. The van der Waals surface area contributed by atoms with Crippen LogP contribution in [0.3, 0.4) is 0 Å². The first-order valence-corrected chi connectivity index (χ1v) is 11.6. The lowest BCUT2D eigenvalue weighted by Crippen LogP contribution is -2.42. The van der Waals surface area contributed by atoms with E-state index < -0.39 is 6.04 Å². The minimum absolute atomic E-state index is 0.00931. The van der Waals surface area contributed by atoms with Gasteiger partial charge in [0.15, 0.2) is 0 Å². The Morgan fingerprint density at radius 3 is 2.91 bits per heavy atom. The highest BCUT2D eigenvalue weighted by molar-refractivity contribution is 7.99. The largest absolute Gasteiger partial charge is 0.343 e. The summed E-state index contributed by atoms with van der Waals surface area (Å²) in [6.45, 7) is 1.87. The molecular weight excluding hydrogens is 446 g/mol. The van der Waals surface area contributed by atoms with Crippen molar-refractivity contribution in [3.63, 3.8) is 0 Å². The highest BCUT2D eigenvalue weighted by Crippen LogP contribution is 2.27. The van der Waals surface area contributed by atoms with Crippen molar-refractivity contribution in [1.82, 2.24) is 20.2 Å². The zero-order valence-electron chi connectivity index (χ0n) is 17.3. The third-order valence-electron chi connectivity index (χ3n) is 5.46. The van der Waals surface area contributed by atoms with Crippen LogP contribution >= 0.6 is 23.4 Å². The number of nitrogens with zero attached hydrogens (tertiary/aromatic N) is 4. The predicted octanol–water partition coefficient (Wildman–Crippen LogP) is 3.59. The van der Waals surface area contributed by atoms with Gasteiger partial charge in [-0.05, 0) is 35.9 Å². The lowest BCUT2D eigenvalue weighted by atomic mass is 9.94. The topological polar surface area (TPSA) is 99.0 Å². The molecule has 9 heteroatoms. The van der Waals surface area contributed by atoms with Gasteiger partial charge >= 0.3 is 0 Å². The molecule has 0 radical (unpaired) electrons. The van der Waals surface area contributed by atoms with E-state index in [0.717, 1.165) is 11.3 Å². The molecule has 0 unspecified atom stereocenters. The fourth-order valence-electron chi connectivity index (χ4n) is 3.59. The molecule has 3 aromatic rings. The second-order valence-electron chi connectivity index (χ2n) is 7.45. The number of nitrogens with one attached hydrogen (secondary N) is 1. The van der Waals surface area contributed by atoms with E-state index in [0.29, 0.717) is 33.1 Å². The van der Waals surface area contributed by atoms with Crippen LogP contribution in [0.1, 0.15) is 34.5 Å². The van der Waals surface area contributed by atoms with Crippen molar-refractivity contribution in [2.24, 2.45) is 0 Å². The summed E-state index contributed by atoms with van der Waals surface area (Å²) >= 11 is 7.47. The van der Waals surface area contributed by atoms with E-state index in [4.69, 9.17) is 16.9 Å². The van der Waals surface area contributed by atoms with Crippen LogP contribution in [0.25, 0.3) is 10.9 Å². The summed E-state index contributed by atoms with van der Waals surface area (Å²) in [5, 5.41) is 13.1. The van der Waals surface area contributed by atoms with Gasteiger partial charge in [-0.1, -0.05) is 24.6 Å².